The van der Waals surface area contributed by atoms with Crippen molar-refractivity contribution in [3.05, 3.63) is 0 Å². The number of carbonyl (C=O) groups is 1. The van der Waals surface area contributed by atoms with Gasteiger partial charge in [0.2, 0.25) is 5.91 Å². The maximum absolute atomic E-state index is 12.0. The summed E-state index contributed by atoms with van der Waals surface area (Å²) < 4.78 is 0. The van der Waals surface area contributed by atoms with Gasteiger partial charge in [0, 0.05) is 13.1 Å². The lowest BCUT2D eigenvalue weighted by molar-refractivity contribution is -0.133. The average Bonchev–Trinajstić information content (AvgIpc) is 3.00. The predicted molar refractivity (Wildman–Crippen MR) is 62.5 cm³/mol. The molecule has 0 unspecified atom stereocenters. The highest BCUT2D eigenvalue weighted by atomic mass is 16.2. The van der Waals surface area contributed by atoms with Crippen molar-refractivity contribution < 1.29 is 4.79 Å². The standard InChI is InChI=1S/C12H24N2O/c1-3-5-11(13)12(15)14(8-4-2)9-10-6-7-10/h10-11H,3-9,13H2,1-2H3/t11-/m1/s1. The normalized spacial score (nSPS) is 17.5. The Morgan fingerprint density at radius 2 is 2.07 bits per heavy atom. The minimum atomic E-state index is -0.278. The number of amides is 1. The van der Waals surface area contributed by atoms with Crippen molar-refractivity contribution in [2.75, 3.05) is 13.1 Å². The molecule has 3 heteroatoms. The molecule has 3 nitrogen and oxygen atoms in total. The van der Waals surface area contributed by atoms with Crippen LogP contribution in [-0.4, -0.2) is 29.9 Å². The number of hydrogen-bond donors (Lipinski definition) is 1. The lowest BCUT2D eigenvalue weighted by atomic mass is 10.1. The van der Waals surface area contributed by atoms with Crippen LogP contribution in [0.2, 0.25) is 0 Å². The van der Waals surface area contributed by atoms with Crippen molar-refractivity contribution in [1.29, 1.82) is 0 Å². The maximum atomic E-state index is 12.0. The third-order valence-electron chi connectivity index (χ3n) is 2.90. The van der Waals surface area contributed by atoms with Crippen molar-refractivity contribution in [2.24, 2.45) is 11.7 Å². The second kappa shape index (κ2) is 6.11. The molecule has 1 atom stereocenters. The van der Waals surface area contributed by atoms with Crippen LogP contribution in [0, 0.1) is 5.92 Å². The van der Waals surface area contributed by atoms with E-state index in [1.165, 1.54) is 12.8 Å². The van der Waals surface area contributed by atoms with Crippen LogP contribution in [0.25, 0.3) is 0 Å². The zero-order chi connectivity index (χ0) is 11.3. The van der Waals surface area contributed by atoms with Crippen LogP contribution < -0.4 is 5.73 Å². The van der Waals surface area contributed by atoms with E-state index in [2.05, 4.69) is 13.8 Å². The number of carbonyl (C=O) groups excluding carboxylic acids is 1. The molecule has 1 aliphatic rings. The molecule has 1 saturated carbocycles. The van der Waals surface area contributed by atoms with Crippen molar-refractivity contribution in [3.63, 3.8) is 0 Å². The summed E-state index contributed by atoms with van der Waals surface area (Å²) in [5.74, 6) is 0.917. The number of nitrogens with two attached hydrogens (primary N) is 1. The van der Waals surface area contributed by atoms with Gasteiger partial charge >= 0.3 is 0 Å². The maximum Gasteiger partial charge on any atom is 0.239 e. The summed E-state index contributed by atoms with van der Waals surface area (Å²) in [5, 5.41) is 0. The summed E-state index contributed by atoms with van der Waals surface area (Å²) in [4.78, 5) is 14.0. The van der Waals surface area contributed by atoms with Crippen LogP contribution in [0.1, 0.15) is 46.0 Å². The van der Waals surface area contributed by atoms with Gasteiger partial charge in [0.05, 0.1) is 6.04 Å². The molecular formula is C12H24N2O. The quantitative estimate of drug-likeness (QED) is 0.699. The Labute approximate surface area is 93.0 Å². The van der Waals surface area contributed by atoms with Gasteiger partial charge in [0.25, 0.3) is 0 Å². The Hall–Kier alpha value is -0.570. The van der Waals surface area contributed by atoms with Crippen LogP contribution in [0.5, 0.6) is 0 Å². The van der Waals surface area contributed by atoms with Crippen LogP contribution in [0.3, 0.4) is 0 Å². The smallest absolute Gasteiger partial charge is 0.239 e. The van der Waals surface area contributed by atoms with E-state index in [0.717, 1.165) is 38.3 Å². The Morgan fingerprint density at radius 3 is 2.53 bits per heavy atom. The average molecular weight is 212 g/mol. The number of hydrogen-bond acceptors (Lipinski definition) is 2. The van der Waals surface area contributed by atoms with Gasteiger partial charge in [-0.2, -0.15) is 0 Å². The highest BCUT2D eigenvalue weighted by molar-refractivity contribution is 5.81. The molecule has 2 N–H and O–H groups in total. The van der Waals surface area contributed by atoms with Crippen molar-refractivity contribution in [2.45, 2.75) is 52.0 Å². The molecule has 1 amide bonds. The second-order valence-electron chi connectivity index (χ2n) is 4.62. The lowest BCUT2D eigenvalue weighted by Gasteiger charge is -2.25. The summed E-state index contributed by atoms with van der Waals surface area (Å²) in [5.41, 5.74) is 5.86. The summed E-state index contributed by atoms with van der Waals surface area (Å²) >= 11 is 0. The minimum absolute atomic E-state index is 0.158. The van der Waals surface area contributed by atoms with Crippen LogP contribution >= 0.6 is 0 Å². The fourth-order valence-electron chi connectivity index (χ4n) is 1.84. The predicted octanol–water partition coefficient (Wildman–Crippen LogP) is 1.76. The molecule has 0 aromatic carbocycles. The zero-order valence-electron chi connectivity index (χ0n) is 10.0. The first-order chi connectivity index (χ1) is 7.19. The van der Waals surface area contributed by atoms with Gasteiger partial charge in [0.1, 0.15) is 0 Å². The number of nitrogens with zero attached hydrogens (tertiary/aromatic N) is 1. The Kier molecular flexibility index (Phi) is 5.09. The van der Waals surface area contributed by atoms with Gasteiger partial charge < -0.3 is 10.6 Å². The summed E-state index contributed by atoms with van der Waals surface area (Å²) in [6, 6.07) is -0.278. The van der Waals surface area contributed by atoms with E-state index in [0.29, 0.717) is 0 Å². The molecule has 1 fully saturated rings. The van der Waals surface area contributed by atoms with E-state index in [1.54, 1.807) is 0 Å². The van der Waals surface area contributed by atoms with Gasteiger partial charge in [-0.3, -0.25) is 4.79 Å². The molecule has 1 aliphatic carbocycles. The SMILES string of the molecule is CCC[C@@H](N)C(=O)N(CCC)CC1CC1. The van der Waals surface area contributed by atoms with Gasteiger partial charge in [-0.25, -0.2) is 0 Å². The monoisotopic (exact) mass is 212 g/mol. The summed E-state index contributed by atoms with van der Waals surface area (Å²) in [6.45, 7) is 5.98. The fraction of sp³-hybridized carbons (Fsp3) is 0.917. The van der Waals surface area contributed by atoms with Crippen LogP contribution in [0.15, 0.2) is 0 Å². The van der Waals surface area contributed by atoms with E-state index in [4.69, 9.17) is 5.73 Å². The van der Waals surface area contributed by atoms with Gasteiger partial charge in [-0.1, -0.05) is 20.3 Å². The van der Waals surface area contributed by atoms with Gasteiger partial charge in [-0.05, 0) is 31.6 Å². The minimum Gasteiger partial charge on any atom is -0.341 e. The molecule has 15 heavy (non-hydrogen) atoms. The Morgan fingerprint density at radius 1 is 1.40 bits per heavy atom. The van der Waals surface area contributed by atoms with Crippen molar-refractivity contribution >= 4 is 5.91 Å². The first kappa shape index (κ1) is 12.5. The highest BCUT2D eigenvalue weighted by Crippen LogP contribution is 2.29. The first-order valence-electron chi connectivity index (χ1n) is 6.23. The molecule has 0 aromatic rings. The molecule has 88 valence electrons. The fourth-order valence-corrected chi connectivity index (χ4v) is 1.84. The molecular weight excluding hydrogens is 188 g/mol. The van der Waals surface area contributed by atoms with Crippen molar-refractivity contribution in [3.8, 4) is 0 Å². The molecule has 0 aliphatic heterocycles. The van der Waals surface area contributed by atoms with E-state index in [1.807, 2.05) is 4.90 Å². The molecule has 0 aromatic heterocycles. The van der Waals surface area contributed by atoms with Gasteiger partial charge in [0.15, 0.2) is 0 Å². The molecule has 0 bridgehead atoms. The summed E-state index contributed by atoms with van der Waals surface area (Å²) in [7, 11) is 0. The molecule has 1 rings (SSSR count). The Balaban J connectivity index is 2.40. The Bertz CT molecular complexity index is 202. The lowest BCUT2D eigenvalue weighted by Crippen LogP contribution is -2.44. The topological polar surface area (TPSA) is 46.3 Å². The second-order valence-corrected chi connectivity index (χ2v) is 4.62. The van der Waals surface area contributed by atoms with E-state index < -0.39 is 0 Å². The van der Waals surface area contributed by atoms with Crippen LogP contribution in [-0.2, 0) is 4.79 Å². The summed E-state index contributed by atoms with van der Waals surface area (Å²) in [6.07, 6.45) is 5.39. The third-order valence-corrected chi connectivity index (χ3v) is 2.90. The van der Waals surface area contributed by atoms with E-state index in [9.17, 15) is 4.79 Å². The molecule has 0 heterocycles. The molecule has 0 spiro atoms. The third kappa shape index (κ3) is 4.20. The highest BCUT2D eigenvalue weighted by Gasteiger charge is 2.28. The largest absolute Gasteiger partial charge is 0.341 e. The molecule has 0 radical (unpaired) electrons. The van der Waals surface area contributed by atoms with E-state index in [-0.39, 0.29) is 11.9 Å². The van der Waals surface area contributed by atoms with Crippen molar-refractivity contribution in [1.82, 2.24) is 4.90 Å². The van der Waals surface area contributed by atoms with Gasteiger partial charge in [-0.15, -0.1) is 0 Å². The first-order valence-corrected chi connectivity index (χ1v) is 6.23. The van der Waals surface area contributed by atoms with E-state index >= 15 is 0 Å². The number of rotatable bonds is 7. The zero-order valence-corrected chi connectivity index (χ0v) is 10.0. The van der Waals surface area contributed by atoms with Crippen LogP contribution in [0.4, 0.5) is 0 Å². The molecule has 0 saturated heterocycles.